The summed E-state index contributed by atoms with van der Waals surface area (Å²) < 4.78 is 1.92. The molecule has 2 aliphatic rings. The number of hydrogen-bond acceptors (Lipinski definition) is 5. The monoisotopic (exact) mass is 299 g/mol. The first-order valence-electron chi connectivity index (χ1n) is 7.35. The van der Waals surface area contributed by atoms with Gasteiger partial charge in [0.15, 0.2) is 0 Å². The molecule has 2 aromatic heterocycles. The Kier molecular flexibility index (Phi) is 2.95. The van der Waals surface area contributed by atoms with Crippen molar-refractivity contribution in [1.29, 1.82) is 0 Å². The fraction of sp³-hybridized carbons (Fsp3) is 0.429. The average Bonchev–Trinajstić information content (AvgIpc) is 3.06. The number of aromatic nitrogens is 4. The van der Waals surface area contributed by atoms with Gasteiger partial charge in [0, 0.05) is 44.3 Å². The van der Waals surface area contributed by atoms with E-state index >= 15 is 0 Å². The normalized spacial score (nSPS) is 18.5. The molecule has 0 aliphatic carbocycles. The van der Waals surface area contributed by atoms with Crippen LogP contribution in [0.5, 0.6) is 0 Å². The molecule has 2 aromatic rings. The number of urea groups is 1. The van der Waals surface area contributed by atoms with Crippen molar-refractivity contribution in [2.45, 2.75) is 13.0 Å². The lowest BCUT2D eigenvalue weighted by molar-refractivity contribution is 0.252. The maximum absolute atomic E-state index is 11.7. The molecule has 4 heterocycles. The molecule has 0 spiro atoms. The van der Waals surface area contributed by atoms with Crippen LogP contribution in [-0.4, -0.2) is 52.0 Å². The Morgan fingerprint density at radius 1 is 1.36 bits per heavy atom. The van der Waals surface area contributed by atoms with Crippen LogP contribution in [-0.2, 0) is 0 Å². The molecule has 8 nitrogen and oxygen atoms in total. The molecule has 0 radical (unpaired) electrons. The highest BCUT2D eigenvalue weighted by atomic mass is 16.2. The van der Waals surface area contributed by atoms with Gasteiger partial charge >= 0.3 is 6.03 Å². The largest absolute Gasteiger partial charge is 0.336 e. The summed E-state index contributed by atoms with van der Waals surface area (Å²) in [5.74, 6) is 0.766. The second-order valence-corrected chi connectivity index (χ2v) is 5.62. The quantitative estimate of drug-likeness (QED) is 0.896. The van der Waals surface area contributed by atoms with Gasteiger partial charge in [-0.1, -0.05) is 0 Å². The molecule has 22 heavy (non-hydrogen) atoms. The topological polar surface area (TPSA) is 79.2 Å². The van der Waals surface area contributed by atoms with E-state index in [0.717, 1.165) is 30.4 Å². The fourth-order valence-electron chi connectivity index (χ4n) is 2.76. The van der Waals surface area contributed by atoms with Gasteiger partial charge in [0.2, 0.25) is 5.95 Å². The molecule has 8 heteroatoms. The third kappa shape index (κ3) is 2.16. The van der Waals surface area contributed by atoms with Crippen molar-refractivity contribution >= 4 is 17.7 Å². The Labute approximate surface area is 127 Å². The zero-order chi connectivity index (χ0) is 15.1. The molecule has 2 amide bonds. The summed E-state index contributed by atoms with van der Waals surface area (Å²) in [7, 11) is 0. The molecule has 0 unspecified atom stereocenters. The van der Waals surface area contributed by atoms with Crippen LogP contribution in [0.1, 0.15) is 11.7 Å². The summed E-state index contributed by atoms with van der Waals surface area (Å²) in [6.07, 6.45) is 5.46. The summed E-state index contributed by atoms with van der Waals surface area (Å²) in [5, 5.41) is 7.18. The number of anilines is 2. The molecular formula is C14H17N7O. The average molecular weight is 299 g/mol. The van der Waals surface area contributed by atoms with E-state index < -0.39 is 0 Å². The highest BCUT2D eigenvalue weighted by Gasteiger charge is 2.31. The van der Waals surface area contributed by atoms with Crippen molar-refractivity contribution in [3.8, 4) is 0 Å². The minimum Gasteiger partial charge on any atom is -0.336 e. The van der Waals surface area contributed by atoms with Crippen LogP contribution in [0.25, 0.3) is 0 Å². The molecule has 2 aliphatic heterocycles. The summed E-state index contributed by atoms with van der Waals surface area (Å²) in [6.45, 7) is 5.00. The first-order valence-corrected chi connectivity index (χ1v) is 7.35. The van der Waals surface area contributed by atoms with Gasteiger partial charge < -0.3 is 10.2 Å². The lowest BCUT2D eigenvalue weighted by atomic mass is 10.1. The Bertz CT molecular complexity index is 707. The van der Waals surface area contributed by atoms with Crippen LogP contribution in [0.15, 0.2) is 24.7 Å². The van der Waals surface area contributed by atoms with Gasteiger partial charge in [-0.2, -0.15) is 5.10 Å². The van der Waals surface area contributed by atoms with Crippen molar-refractivity contribution < 1.29 is 4.79 Å². The molecule has 0 aromatic carbocycles. The number of amides is 2. The predicted molar refractivity (Wildman–Crippen MR) is 81.0 cm³/mol. The third-order valence-electron chi connectivity index (χ3n) is 4.06. The second kappa shape index (κ2) is 4.97. The molecule has 2 saturated heterocycles. The van der Waals surface area contributed by atoms with Gasteiger partial charge in [0.25, 0.3) is 0 Å². The van der Waals surface area contributed by atoms with E-state index in [2.05, 4.69) is 25.3 Å². The van der Waals surface area contributed by atoms with Crippen LogP contribution in [0.2, 0.25) is 0 Å². The highest BCUT2D eigenvalue weighted by Crippen LogP contribution is 2.26. The molecule has 114 valence electrons. The molecular weight excluding hydrogens is 282 g/mol. The Balaban J connectivity index is 1.43. The van der Waals surface area contributed by atoms with E-state index in [0.29, 0.717) is 19.1 Å². The maximum atomic E-state index is 11.7. The van der Waals surface area contributed by atoms with Crippen LogP contribution >= 0.6 is 0 Å². The summed E-state index contributed by atoms with van der Waals surface area (Å²) in [4.78, 5) is 24.2. The molecule has 0 bridgehead atoms. The fourth-order valence-corrected chi connectivity index (χ4v) is 2.76. The van der Waals surface area contributed by atoms with E-state index in [1.807, 2.05) is 23.9 Å². The van der Waals surface area contributed by atoms with Crippen molar-refractivity contribution in [3.63, 3.8) is 0 Å². The number of carbonyl (C=O) groups excluding carboxylic acids is 1. The van der Waals surface area contributed by atoms with Gasteiger partial charge in [-0.15, -0.1) is 0 Å². The van der Waals surface area contributed by atoms with E-state index in [4.69, 9.17) is 0 Å². The van der Waals surface area contributed by atoms with Crippen LogP contribution in [0, 0.1) is 6.92 Å². The van der Waals surface area contributed by atoms with E-state index in [9.17, 15) is 4.79 Å². The number of aryl methyl sites for hydroxylation is 1. The Hall–Kier alpha value is -2.64. The van der Waals surface area contributed by atoms with Crippen molar-refractivity contribution in [1.82, 2.24) is 25.1 Å². The lowest BCUT2D eigenvalue weighted by Gasteiger charge is -2.39. The number of carbonyl (C=O) groups is 1. The zero-order valence-electron chi connectivity index (χ0n) is 12.3. The third-order valence-corrected chi connectivity index (χ3v) is 4.06. The van der Waals surface area contributed by atoms with Gasteiger partial charge in [0.1, 0.15) is 0 Å². The number of nitrogens with one attached hydrogen (secondary N) is 1. The minimum atomic E-state index is -0.0528. The number of rotatable bonds is 3. The predicted octanol–water partition coefficient (Wildman–Crippen LogP) is 0.572. The van der Waals surface area contributed by atoms with Gasteiger partial charge in [-0.3, -0.25) is 9.58 Å². The van der Waals surface area contributed by atoms with Gasteiger partial charge in [0.05, 0.1) is 17.9 Å². The summed E-state index contributed by atoms with van der Waals surface area (Å²) in [5.41, 5.74) is 1.81. The van der Waals surface area contributed by atoms with Crippen LogP contribution < -0.4 is 15.1 Å². The first-order chi connectivity index (χ1) is 10.7. The Morgan fingerprint density at radius 3 is 2.95 bits per heavy atom. The molecule has 4 rings (SSSR count). The second-order valence-electron chi connectivity index (χ2n) is 5.62. The number of nitrogens with zero attached hydrogens (tertiary/aromatic N) is 6. The van der Waals surface area contributed by atoms with Crippen LogP contribution in [0.4, 0.5) is 16.4 Å². The smallest absolute Gasteiger partial charge is 0.322 e. The van der Waals surface area contributed by atoms with Crippen LogP contribution in [0.3, 0.4) is 0 Å². The van der Waals surface area contributed by atoms with Crippen molar-refractivity contribution in [3.05, 3.63) is 30.4 Å². The summed E-state index contributed by atoms with van der Waals surface area (Å²) in [6, 6.07) is 2.13. The standard InChI is InChI=1S/C14H17N7O/c1-10-2-3-15-13(18-10)19-7-12(8-19)21-9-11(6-17-21)20-5-4-16-14(20)22/h2-3,6,9,12H,4-5,7-8H2,1H3,(H,16,22). The van der Waals surface area contributed by atoms with Crippen molar-refractivity contribution in [2.75, 3.05) is 36.0 Å². The SMILES string of the molecule is Cc1ccnc(N2CC(n3cc(N4CCNC4=O)cn3)C2)n1. The highest BCUT2D eigenvalue weighted by molar-refractivity contribution is 5.93. The van der Waals surface area contributed by atoms with Gasteiger partial charge in [-0.05, 0) is 13.0 Å². The minimum absolute atomic E-state index is 0.0528. The summed E-state index contributed by atoms with van der Waals surface area (Å²) >= 11 is 0. The zero-order valence-corrected chi connectivity index (χ0v) is 12.3. The number of hydrogen-bond donors (Lipinski definition) is 1. The molecule has 2 fully saturated rings. The maximum Gasteiger partial charge on any atom is 0.322 e. The van der Waals surface area contributed by atoms with E-state index in [-0.39, 0.29) is 6.03 Å². The molecule has 1 N–H and O–H groups in total. The molecule has 0 saturated carbocycles. The Morgan fingerprint density at radius 2 is 2.23 bits per heavy atom. The van der Waals surface area contributed by atoms with E-state index in [1.54, 1.807) is 17.3 Å². The van der Waals surface area contributed by atoms with Gasteiger partial charge in [-0.25, -0.2) is 14.8 Å². The first kappa shape index (κ1) is 13.1. The van der Waals surface area contributed by atoms with E-state index in [1.165, 1.54) is 0 Å². The van der Waals surface area contributed by atoms with Crippen molar-refractivity contribution in [2.24, 2.45) is 0 Å². The lowest BCUT2D eigenvalue weighted by Crippen LogP contribution is -2.48. The molecule has 0 atom stereocenters.